The van der Waals surface area contributed by atoms with E-state index in [9.17, 15) is 0 Å². The molecular weight excluding hydrogens is 234 g/mol. The van der Waals surface area contributed by atoms with Crippen molar-refractivity contribution >= 4 is 17.7 Å². The van der Waals surface area contributed by atoms with Crippen LogP contribution >= 0.6 is 11.8 Å². The second-order valence-corrected chi connectivity index (χ2v) is 5.64. The Labute approximate surface area is 107 Å². The lowest BCUT2D eigenvalue weighted by Crippen LogP contribution is -2.25. The van der Waals surface area contributed by atoms with Crippen LogP contribution in [0.15, 0.2) is 12.3 Å². The molecule has 0 aliphatic carbocycles. The zero-order valence-electron chi connectivity index (χ0n) is 10.3. The van der Waals surface area contributed by atoms with Gasteiger partial charge in [-0.05, 0) is 38.2 Å². The van der Waals surface area contributed by atoms with Crippen LogP contribution in [0.25, 0.3) is 0 Å². The highest BCUT2D eigenvalue weighted by molar-refractivity contribution is 7.99. The molecule has 1 aliphatic heterocycles. The van der Waals surface area contributed by atoms with E-state index in [-0.39, 0.29) is 6.10 Å². The molecule has 1 aromatic heterocycles. The van der Waals surface area contributed by atoms with Crippen molar-refractivity contribution in [3.63, 3.8) is 0 Å². The van der Waals surface area contributed by atoms with Gasteiger partial charge in [0, 0.05) is 18.3 Å². The van der Waals surface area contributed by atoms with E-state index >= 15 is 0 Å². The number of ether oxygens (including phenoxy) is 1. The SMILES string of the molecule is CC(C)Oc1ccnc(NC2CCSCC2)n1. The fourth-order valence-corrected chi connectivity index (χ4v) is 2.85. The van der Waals surface area contributed by atoms with Crippen LogP contribution in [0.4, 0.5) is 5.95 Å². The number of hydrogen-bond donors (Lipinski definition) is 1. The molecule has 1 aliphatic rings. The molecule has 0 radical (unpaired) electrons. The van der Waals surface area contributed by atoms with Gasteiger partial charge in [-0.25, -0.2) is 4.98 Å². The summed E-state index contributed by atoms with van der Waals surface area (Å²) in [7, 11) is 0. The van der Waals surface area contributed by atoms with E-state index in [0.717, 1.165) is 0 Å². The Bertz CT molecular complexity index is 353. The molecule has 2 heterocycles. The molecule has 1 saturated heterocycles. The van der Waals surface area contributed by atoms with Crippen LogP contribution < -0.4 is 10.1 Å². The lowest BCUT2D eigenvalue weighted by atomic mass is 10.2. The Hall–Kier alpha value is -0.970. The van der Waals surface area contributed by atoms with E-state index in [4.69, 9.17) is 4.74 Å². The topological polar surface area (TPSA) is 47.0 Å². The minimum absolute atomic E-state index is 0.142. The molecule has 1 fully saturated rings. The predicted octanol–water partition coefficient (Wildman–Crippen LogP) is 2.57. The van der Waals surface area contributed by atoms with E-state index in [2.05, 4.69) is 15.3 Å². The lowest BCUT2D eigenvalue weighted by Gasteiger charge is -2.22. The molecule has 4 nitrogen and oxygen atoms in total. The van der Waals surface area contributed by atoms with E-state index in [1.807, 2.05) is 25.6 Å². The quantitative estimate of drug-likeness (QED) is 0.893. The lowest BCUT2D eigenvalue weighted by molar-refractivity contribution is 0.232. The summed E-state index contributed by atoms with van der Waals surface area (Å²) in [5, 5.41) is 3.38. The molecule has 0 saturated carbocycles. The van der Waals surface area contributed by atoms with Crippen molar-refractivity contribution in [2.24, 2.45) is 0 Å². The molecule has 1 N–H and O–H groups in total. The molecule has 0 atom stereocenters. The summed E-state index contributed by atoms with van der Waals surface area (Å²) < 4.78 is 5.55. The van der Waals surface area contributed by atoms with Crippen molar-refractivity contribution < 1.29 is 4.74 Å². The summed E-state index contributed by atoms with van der Waals surface area (Å²) in [6, 6.07) is 2.30. The third-order valence-electron chi connectivity index (χ3n) is 2.54. The van der Waals surface area contributed by atoms with Gasteiger partial charge in [0.05, 0.1) is 6.10 Å². The molecule has 0 aromatic carbocycles. The first-order valence-corrected chi connectivity index (χ1v) is 7.23. The third-order valence-corrected chi connectivity index (χ3v) is 3.59. The molecule has 0 unspecified atom stereocenters. The van der Waals surface area contributed by atoms with E-state index in [1.54, 1.807) is 12.3 Å². The van der Waals surface area contributed by atoms with Gasteiger partial charge in [-0.1, -0.05) is 0 Å². The van der Waals surface area contributed by atoms with Crippen LogP contribution in [-0.4, -0.2) is 33.6 Å². The van der Waals surface area contributed by atoms with Crippen LogP contribution in [-0.2, 0) is 0 Å². The predicted molar refractivity (Wildman–Crippen MR) is 71.8 cm³/mol. The van der Waals surface area contributed by atoms with E-state index in [1.165, 1.54) is 24.3 Å². The second-order valence-electron chi connectivity index (χ2n) is 4.42. The molecular formula is C12H19N3OS. The Morgan fingerprint density at radius 3 is 2.88 bits per heavy atom. The number of aromatic nitrogens is 2. The summed E-state index contributed by atoms with van der Waals surface area (Å²) in [6.07, 6.45) is 4.25. The number of anilines is 1. The zero-order valence-corrected chi connectivity index (χ0v) is 11.2. The number of nitrogens with zero attached hydrogens (tertiary/aromatic N) is 2. The third kappa shape index (κ3) is 4.07. The monoisotopic (exact) mass is 253 g/mol. The number of rotatable bonds is 4. The van der Waals surface area contributed by atoms with Crippen molar-refractivity contribution in [2.45, 2.75) is 38.8 Å². The van der Waals surface area contributed by atoms with Crippen molar-refractivity contribution in [3.05, 3.63) is 12.3 Å². The second kappa shape index (κ2) is 6.10. The molecule has 0 amide bonds. The Morgan fingerprint density at radius 2 is 2.18 bits per heavy atom. The average Bonchev–Trinajstić information content (AvgIpc) is 2.30. The van der Waals surface area contributed by atoms with Crippen LogP contribution in [0.2, 0.25) is 0 Å². The number of nitrogens with one attached hydrogen (secondary N) is 1. The maximum absolute atomic E-state index is 5.55. The number of thioether (sulfide) groups is 1. The highest BCUT2D eigenvalue weighted by Crippen LogP contribution is 2.20. The van der Waals surface area contributed by atoms with Crippen LogP contribution in [0, 0.1) is 0 Å². The van der Waals surface area contributed by atoms with Crippen LogP contribution in [0.1, 0.15) is 26.7 Å². The van der Waals surface area contributed by atoms with Gasteiger partial charge >= 0.3 is 0 Å². The van der Waals surface area contributed by atoms with E-state index < -0.39 is 0 Å². The van der Waals surface area contributed by atoms with Gasteiger partial charge in [-0.2, -0.15) is 16.7 Å². The molecule has 0 bridgehead atoms. The summed E-state index contributed by atoms with van der Waals surface area (Å²) in [6.45, 7) is 3.99. The van der Waals surface area contributed by atoms with Gasteiger partial charge in [0.2, 0.25) is 11.8 Å². The first-order chi connectivity index (χ1) is 8.24. The normalized spacial score (nSPS) is 17.1. The first-order valence-electron chi connectivity index (χ1n) is 6.08. The molecule has 5 heteroatoms. The van der Waals surface area contributed by atoms with Crippen LogP contribution in [0.5, 0.6) is 5.88 Å². The fraction of sp³-hybridized carbons (Fsp3) is 0.667. The highest BCUT2D eigenvalue weighted by atomic mass is 32.2. The van der Waals surface area contributed by atoms with Crippen molar-refractivity contribution in [3.8, 4) is 5.88 Å². The first kappa shape index (κ1) is 12.5. The Balaban J connectivity index is 1.95. The smallest absolute Gasteiger partial charge is 0.226 e. The summed E-state index contributed by atoms with van der Waals surface area (Å²) >= 11 is 2.02. The van der Waals surface area contributed by atoms with Gasteiger partial charge in [0.25, 0.3) is 0 Å². The molecule has 1 aromatic rings. The summed E-state index contributed by atoms with van der Waals surface area (Å²) in [5.41, 5.74) is 0. The highest BCUT2D eigenvalue weighted by Gasteiger charge is 2.14. The van der Waals surface area contributed by atoms with Gasteiger partial charge in [0.1, 0.15) is 0 Å². The summed E-state index contributed by atoms with van der Waals surface area (Å²) in [5.74, 6) is 3.77. The van der Waals surface area contributed by atoms with E-state index in [0.29, 0.717) is 17.9 Å². The van der Waals surface area contributed by atoms with Crippen molar-refractivity contribution in [1.82, 2.24) is 9.97 Å². The molecule has 17 heavy (non-hydrogen) atoms. The maximum atomic E-state index is 5.55. The minimum Gasteiger partial charge on any atom is -0.475 e. The number of hydrogen-bond acceptors (Lipinski definition) is 5. The standard InChI is InChI=1S/C12H19N3OS/c1-9(2)16-11-3-6-13-12(15-11)14-10-4-7-17-8-5-10/h3,6,9-10H,4-5,7-8H2,1-2H3,(H,13,14,15). The van der Waals surface area contributed by atoms with Gasteiger partial charge in [0.15, 0.2) is 0 Å². The van der Waals surface area contributed by atoms with Crippen molar-refractivity contribution in [1.29, 1.82) is 0 Å². The molecule has 2 rings (SSSR count). The van der Waals surface area contributed by atoms with Gasteiger partial charge < -0.3 is 10.1 Å². The van der Waals surface area contributed by atoms with Crippen molar-refractivity contribution in [2.75, 3.05) is 16.8 Å². The molecule has 94 valence electrons. The summed E-state index contributed by atoms with van der Waals surface area (Å²) in [4.78, 5) is 8.59. The fourth-order valence-electron chi connectivity index (χ4n) is 1.74. The Morgan fingerprint density at radius 1 is 1.41 bits per heavy atom. The minimum atomic E-state index is 0.142. The van der Waals surface area contributed by atoms with Gasteiger partial charge in [-0.15, -0.1) is 0 Å². The van der Waals surface area contributed by atoms with Crippen LogP contribution in [0.3, 0.4) is 0 Å². The maximum Gasteiger partial charge on any atom is 0.226 e. The average molecular weight is 253 g/mol. The zero-order chi connectivity index (χ0) is 12.1. The molecule has 0 spiro atoms. The largest absolute Gasteiger partial charge is 0.475 e. The Kier molecular flexibility index (Phi) is 4.48. The van der Waals surface area contributed by atoms with Gasteiger partial charge in [-0.3, -0.25) is 0 Å².